The fraction of sp³-hybridized carbons (Fsp3) is 0.909. The first kappa shape index (κ1) is 13.6. The van der Waals surface area contributed by atoms with Crippen molar-refractivity contribution in [1.82, 2.24) is 10.6 Å². The van der Waals surface area contributed by atoms with Gasteiger partial charge in [0, 0.05) is 35.8 Å². The lowest BCUT2D eigenvalue weighted by molar-refractivity contribution is -0.122. The van der Waals surface area contributed by atoms with Crippen molar-refractivity contribution in [2.45, 2.75) is 25.7 Å². The van der Waals surface area contributed by atoms with Crippen LogP contribution < -0.4 is 10.6 Å². The van der Waals surface area contributed by atoms with Crippen molar-refractivity contribution in [2.75, 3.05) is 31.6 Å². The molecule has 1 atom stereocenters. The van der Waals surface area contributed by atoms with Crippen LogP contribution in [0.15, 0.2) is 0 Å². The first-order valence-corrected chi connectivity index (χ1v) is 7.68. The zero-order valence-corrected chi connectivity index (χ0v) is 10.8. The molecule has 0 bridgehead atoms. The van der Waals surface area contributed by atoms with Gasteiger partial charge in [-0.3, -0.25) is 9.00 Å². The van der Waals surface area contributed by atoms with Crippen molar-refractivity contribution < 1.29 is 9.00 Å². The van der Waals surface area contributed by atoms with Gasteiger partial charge < -0.3 is 10.6 Å². The van der Waals surface area contributed by atoms with Gasteiger partial charge in [-0.1, -0.05) is 0 Å². The van der Waals surface area contributed by atoms with Gasteiger partial charge in [-0.25, -0.2) is 0 Å². The summed E-state index contributed by atoms with van der Waals surface area (Å²) in [6, 6.07) is 0. The number of carbonyl (C=O) groups excluding carboxylic acids is 1. The Labute approximate surface area is 100 Å². The molecule has 1 aliphatic rings. The Morgan fingerprint density at radius 3 is 2.75 bits per heavy atom. The van der Waals surface area contributed by atoms with Gasteiger partial charge in [0.15, 0.2) is 0 Å². The summed E-state index contributed by atoms with van der Waals surface area (Å²) in [7, 11) is -0.746. The van der Waals surface area contributed by atoms with E-state index in [1.807, 2.05) is 0 Å². The summed E-state index contributed by atoms with van der Waals surface area (Å²) in [6.45, 7) is 2.73. The number of piperidine rings is 1. The van der Waals surface area contributed by atoms with Crippen molar-refractivity contribution >= 4 is 16.7 Å². The Balaban J connectivity index is 2.03. The van der Waals surface area contributed by atoms with E-state index >= 15 is 0 Å². The molecule has 1 amide bonds. The van der Waals surface area contributed by atoms with E-state index in [-0.39, 0.29) is 5.91 Å². The van der Waals surface area contributed by atoms with Crippen molar-refractivity contribution in [1.29, 1.82) is 0 Å². The van der Waals surface area contributed by atoms with Crippen LogP contribution in [-0.4, -0.2) is 41.8 Å². The minimum atomic E-state index is -0.746. The maximum Gasteiger partial charge on any atom is 0.220 e. The minimum Gasteiger partial charge on any atom is -0.356 e. The first-order valence-electron chi connectivity index (χ1n) is 5.96. The second-order valence-corrected chi connectivity index (χ2v) is 5.93. The molecule has 0 saturated carbocycles. The van der Waals surface area contributed by atoms with Crippen molar-refractivity contribution in [3.05, 3.63) is 0 Å². The highest BCUT2D eigenvalue weighted by Gasteiger charge is 2.16. The van der Waals surface area contributed by atoms with E-state index in [0.717, 1.165) is 32.4 Å². The standard InChI is InChI=1S/C11H22N2O2S/c1-16(15)8-2-5-13-11(14)9-10-3-6-12-7-4-10/h10,12H,2-9H2,1H3,(H,13,14). The second kappa shape index (κ2) is 7.79. The summed E-state index contributed by atoms with van der Waals surface area (Å²) in [5.74, 6) is 1.36. The first-order chi connectivity index (χ1) is 7.68. The molecule has 1 saturated heterocycles. The molecule has 1 rings (SSSR count). The lowest BCUT2D eigenvalue weighted by Gasteiger charge is -2.21. The van der Waals surface area contributed by atoms with E-state index in [1.54, 1.807) is 6.26 Å². The molecular weight excluding hydrogens is 224 g/mol. The van der Waals surface area contributed by atoms with E-state index in [4.69, 9.17) is 0 Å². The van der Waals surface area contributed by atoms with Crippen LogP contribution in [0.5, 0.6) is 0 Å². The van der Waals surface area contributed by atoms with Crippen molar-refractivity contribution in [3.63, 3.8) is 0 Å². The topological polar surface area (TPSA) is 58.2 Å². The maximum absolute atomic E-state index is 11.5. The number of nitrogens with one attached hydrogen (secondary N) is 2. The molecule has 5 heteroatoms. The van der Waals surface area contributed by atoms with Crippen LogP contribution in [0.1, 0.15) is 25.7 Å². The zero-order valence-electron chi connectivity index (χ0n) is 9.96. The summed E-state index contributed by atoms with van der Waals surface area (Å²) in [5.41, 5.74) is 0. The Hall–Kier alpha value is -0.420. The Bertz CT molecular complexity index is 240. The van der Waals surface area contributed by atoms with Crippen LogP contribution in [0.25, 0.3) is 0 Å². The van der Waals surface area contributed by atoms with Crippen LogP contribution in [0.2, 0.25) is 0 Å². The molecule has 2 N–H and O–H groups in total. The van der Waals surface area contributed by atoms with E-state index in [0.29, 0.717) is 24.6 Å². The van der Waals surface area contributed by atoms with Gasteiger partial charge in [-0.15, -0.1) is 0 Å². The molecule has 94 valence electrons. The third-order valence-corrected chi connectivity index (χ3v) is 3.73. The second-order valence-electron chi connectivity index (χ2n) is 4.38. The average Bonchev–Trinajstić information content (AvgIpc) is 2.25. The van der Waals surface area contributed by atoms with Crippen LogP contribution in [-0.2, 0) is 15.6 Å². The minimum absolute atomic E-state index is 0.147. The van der Waals surface area contributed by atoms with Crippen LogP contribution in [0, 0.1) is 5.92 Å². The molecular formula is C11H22N2O2S. The van der Waals surface area contributed by atoms with Gasteiger partial charge >= 0.3 is 0 Å². The molecule has 16 heavy (non-hydrogen) atoms. The monoisotopic (exact) mass is 246 g/mol. The average molecular weight is 246 g/mol. The number of carbonyl (C=O) groups is 1. The summed E-state index contributed by atoms with van der Waals surface area (Å²) in [5, 5.41) is 6.18. The van der Waals surface area contributed by atoms with Crippen LogP contribution >= 0.6 is 0 Å². The fourth-order valence-electron chi connectivity index (χ4n) is 1.92. The van der Waals surface area contributed by atoms with Gasteiger partial charge in [0.1, 0.15) is 0 Å². The highest BCUT2D eigenvalue weighted by Crippen LogP contribution is 2.15. The summed E-state index contributed by atoms with van der Waals surface area (Å²) < 4.78 is 10.8. The van der Waals surface area contributed by atoms with Crippen LogP contribution in [0.3, 0.4) is 0 Å². The van der Waals surface area contributed by atoms with Gasteiger partial charge in [-0.2, -0.15) is 0 Å². The van der Waals surface area contributed by atoms with E-state index < -0.39 is 10.8 Å². The number of hydrogen-bond acceptors (Lipinski definition) is 3. The quantitative estimate of drug-likeness (QED) is 0.661. The van der Waals surface area contributed by atoms with Gasteiger partial charge in [-0.05, 0) is 38.3 Å². The number of rotatable bonds is 6. The molecule has 0 aromatic heterocycles. The third kappa shape index (κ3) is 6.23. The normalized spacial score (nSPS) is 19.3. The Morgan fingerprint density at radius 2 is 2.12 bits per heavy atom. The molecule has 1 aliphatic heterocycles. The number of amides is 1. The molecule has 4 nitrogen and oxygen atoms in total. The van der Waals surface area contributed by atoms with Crippen molar-refractivity contribution in [2.24, 2.45) is 5.92 Å². The zero-order chi connectivity index (χ0) is 11.8. The molecule has 0 aromatic carbocycles. The lowest BCUT2D eigenvalue weighted by Crippen LogP contribution is -2.32. The maximum atomic E-state index is 11.5. The highest BCUT2D eigenvalue weighted by atomic mass is 32.2. The molecule has 0 aromatic rings. The highest BCUT2D eigenvalue weighted by molar-refractivity contribution is 7.84. The molecule has 1 heterocycles. The number of hydrogen-bond donors (Lipinski definition) is 2. The lowest BCUT2D eigenvalue weighted by atomic mass is 9.94. The largest absolute Gasteiger partial charge is 0.356 e. The van der Waals surface area contributed by atoms with E-state index in [2.05, 4.69) is 10.6 Å². The molecule has 0 aliphatic carbocycles. The molecule has 0 spiro atoms. The van der Waals surface area contributed by atoms with Crippen LogP contribution in [0.4, 0.5) is 0 Å². The third-order valence-electron chi connectivity index (χ3n) is 2.86. The smallest absolute Gasteiger partial charge is 0.220 e. The van der Waals surface area contributed by atoms with E-state index in [9.17, 15) is 9.00 Å². The van der Waals surface area contributed by atoms with Gasteiger partial charge in [0.25, 0.3) is 0 Å². The summed E-state index contributed by atoms with van der Waals surface area (Å²) in [4.78, 5) is 11.5. The Kier molecular flexibility index (Phi) is 6.64. The Morgan fingerprint density at radius 1 is 1.44 bits per heavy atom. The van der Waals surface area contributed by atoms with E-state index in [1.165, 1.54) is 0 Å². The van der Waals surface area contributed by atoms with Gasteiger partial charge in [0.2, 0.25) is 5.91 Å². The fourth-order valence-corrected chi connectivity index (χ4v) is 2.47. The van der Waals surface area contributed by atoms with Crippen molar-refractivity contribution in [3.8, 4) is 0 Å². The molecule has 1 unspecified atom stereocenters. The molecule has 0 radical (unpaired) electrons. The SMILES string of the molecule is CS(=O)CCCNC(=O)CC1CCNCC1. The molecule has 1 fully saturated rings. The van der Waals surface area contributed by atoms with Gasteiger partial charge in [0.05, 0.1) is 0 Å². The summed E-state index contributed by atoms with van der Waals surface area (Å²) >= 11 is 0. The predicted molar refractivity (Wildman–Crippen MR) is 66.8 cm³/mol. The summed E-state index contributed by atoms with van der Waals surface area (Å²) in [6.07, 6.45) is 5.35. The predicted octanol–water partition coefficient (Wildman–Crippen LogP) is 0.261.